The van der Waals surface area contributed by atoms with Crippen LogP contribution in [0.5, 0.6) is 0 Å². The van der Waals surface area contributed by atoms with Gasteiger partial charge in [0.05, 0.1) is 0 Å². The number of nitrogens with one attached hydrogen (secondary N) is 2. The molecule has 2 N–H and O–H groups in total. The molecule has 2 heterocycles. The lowest BCUT2D eigenvalue weighted by atomic mass is 10.0. The number of rotatable bonds is 3. The van der Waals surface area contributed by atoms with Gasteiger partial charge in [0, 0.05) is 24.7 Å². The molecule has 1 atom stereocenters. The Hall–Kier alpha value is -0.120. The highest BCUT2D eigenvalue weighted by Crippen LogP contribution is 2.14. The summed E-state index contributed by atoms with van der Waals surface area (Å²) in [4.78, 5) is 2.61. The lowest BCUT2D eigenvalue weighted by molar-refractivity contribution is 0.145. The molecule has 3 heteroatoms. The monoisotopic (exact) mass is 225 g/mol. The van der Waals surface area contributed by atoms with Crippen LogP contribution >= 0.6 is 0 Å². The van der Waals surface area contributed by atoms with Crippen LogP contribution < -0.4 is 10.6 Å². The molecule has 1 unspecified atom stereocenters. The van der Waals surface area contributed by atoms with Crippen LogP contribution in [0.15, 0.2) is 0 Å². The Morgan fingerprint density at radius 3 is 2.56 bits per heavy atom. The summed E-state index contributed by atoms with van der Waals surface area (Å²) in [6, 6.07) is 2.20. The molecule has 0 aromatic carbocycles. The predicted molar refractivity (Wildman–Crippen MR) is 68.8 cm³/mol. The van der Waals surface area contributed by atoms with Crippen LogP contribution in [0.3, 0.4) is 0 Å². The Morgan fingerprint density at radius 1 is 1.12 bits per heavy atom. The average molecular weight is 225 g/mol. The fourth-order valence-corrected chi connectivity index (χ4v) is 2.93. The summed E-state index contributed by atoms with van der Waals surface area (Å²) in [7, 11) is 0. The normalized spacial score (nSPS) is 29.8. The number of nitrogens with zero attached hydrogens (tertiary/aromatic N) is 1. The molecular weight excluding hydrogens is 198 g/mol. The van der Waals surface area contributed by atoms with Crippen molar-refractivity contribution in [3.05, 3.63) is 0 Å². The largest absolute Gasteiger partial charge is 0.317 e. The predicted octanol–water partition coefficient (Wildman–Crippen LogP) is 1.20. The molecule has 0 spiro atoms. The van der Waals surface area contributed by atoms with Crippen molar-refractivity contribution in [1.82, 2.24) is 15.5 Å². The summed E-state index contributed by atoms with van der Waals surface area (Å²) in [5.41, 5.74) is 0. The topological polar surface area (TPSA) is 27.3 Å². The molecule has 2 rings (SSSR count). The molecule has 0 aromatic heterocycles. The van der Waals surface area contributed by atoms with Crippen LogP contribution in [-0.4, -0.2) is 49.2 Å². The Morgan fingerprint density at radius 2 is 1.88 bits per heavy atom. The summed E-state index contributed by atoms with van der Waals surface area (Å²) in [5.74, 6) is 0. The van der Waals surface area contributed by atoms with Gasteiger partial charge in [-0.15, -0.1) is 0 Å². The SMILES string of the molecule is CC(C)N1CCCC(NC2CCNCC2)C1. The minimum Gasteiger partial charge on any atom is -0.317 e. The molecule has 2 aliphatic heterocycles. The number of hydrogen-bond acceptors (Lipinski definition) is 3. The van der Waals surface area contributed by atoms with Gasteiger partial charge in [-0.05, 0) is 59.2 Å². The van der Waals surface area contributed by atoms with Crippen LogP contribution in [0.2, 0.25) is 0 Å². The Labute approximate surface area is 100.0 Å². The van der Waals surface area contributed by atoms with Gasteiger partial charge in [-0.3, -0.25) is 4.90 Å². The Bertz CT molecular complexity index is 199. The standard InChI is InChI=1S/C13H27N3/c1-11(2)16-9-3-4-13(10-16)15-12-5-7-14-8-6-12/h11-15H,3-10H2,1-2H3. The highest BCUT2D eigenvalue weighted by Gasteiger charge is 2.24. The summed E-state index contributed by atoms with van der Waals surface area (Å²) in [6.07, 6.45) is 5.34. The minimum absolute atomic E-state index is 0.706. The first-order valence-electron chi connectivity index (χ1n) is 6.96. The van der Waals surface area contributed by atoms with Gasteiger partial charge in [0.2, 0.25) is 0 Å². The van der Waals surface area contributed by atoms with Crippen molar-refractivity contribution in [2.24, 2.45) is 0 Å². The Kier molecular flexibility index (Phi) is 4.62. The van der Waals surface area contributed by atoms with E-state index in [4.69, 9.17) is 0 Å². The first-order chi connectivity index (χ1) is 7.75. The van der Waals surface area contributed by atoms with Gasteiger partial charge in [0.1, 0.15) is 0 Å². The highest BCUT2D eigenvalue weighted by molar-refractivity contribution is 4.84. The third kappa shape index (κ3) is 3.44. The quantitative estimate of drug-likeness (QED) is 0.756. The summed E-state index contributed by atoms with van der Waals surface area (Å²) < 4.78 is 0. The fraction of sp³-hybridized carbons (Fsp3) is 1.00. The van der Waals surface area contributed by atoms with Crippen LogP contribution in [0.4, 0.5) is 0 Å². The van der Waals surface area contributed by atoms with Crippen LogP contribution in [-0.2, 0) is 0 Å². The maximum Gasteiger partial charge on any atom is 0.0198 e. The first kappa shape index (κ1) is 12.3. The van der Waals surface area contributed by atoms with Gasteiger partial charge in [-0.25, -0.2) is 0 Å². The maximum absolute atomic E-state index is 3.86. The molecule has 0 amide bonds. The van der Waals surface area contributed by atoms with Gasteiger partial charge in [0.15, 0.2) is 0 Å². The first-order valence-corrected chi connectivity index (χ1v) is 6.96. The average Bonchev–Trinajstić information content (AvgIpc) is 2.30. The smallest absolute Gasteiger partial charge is 0.0198 e. The van der Waals surface area contributed by atoms with Crippen molar-refractivity contribution in [2.75, 3.05) is 26.2 Å². The highest BCUT2D eigenvalue weighted by atomic mass is 15.2. The Balaban J connectivity index is 1.75. The number of hydrogen-bond donors (Lipinski definition) is 2. The van der Waals surface area contributed by atoms with Crippen LogP contribution in [0.25, 0.3) is 0 Å². The third-order valence-corrected chi connectivity index (χ3v) is 3.99. The van der Waals surface area contributed by atoms with Gasteiger partial charge in [-0.1, -0.05) is 0 Å². The van der Waals surface area contributed by atoms with E-state index in [0.717, 1.165) is 12.1 Å². The fourth-order valence-electron chi connectivity index (χ4n) is 2.93. The molecule has 3 nitrogen and oxygen atoms in total. The molecule has 2 saturated heterocycles. The number of piperidine rings is 2. The lowest BCUT2D eigenvalue weighted by Crippen LogP contribution is -2.52. The van der Waals surface area contributed by atoms with E-state index in [1.807, 2.05) is 0 Å². The second-order valence-electron chi connectivity index (χ2n) is 5.62. The van der Waals surface area contributed by atoms with Crippen molar-refractivity contribution in [3.8, 4) is 0 Å². The zero-order valence-corrected chi connectivity index (χ0v) is 10.8. The molecule has 0 aromatic rings. The van der Waals surface area contributed by atoms with Crippen molar-refractivity contribution in [1.29, 1.82) is 0 Å². The second kappa shape index (κ2) is 5.99. The lowest BCUT2D eigenvalue weighted by Gasteiger charge is -2.38. The second-order valence-corrected chi connectivity index (χ2v) is 5.62. The van der Waals surface area contributed by atoms with Crippen molar-refractivity contribution in [3.63, 3.8) is 0 Å². The molecule has 94 valence electrons. The summed E-state index contributed by atoms with van der Waals surface area (Å²) in [6.45, 7) is 9.56. The van der Waals surface area contributed by atoms with E-state index in [1.165, 1.54) is 51.9 Å². The van der Waals surface area contributed by atoms with Gasteiger partial charge >= 0.3 is 0 Å². The van der Waals surface area contributed by atoms with Crippen molar-refractivity contribution < 1.29 is 0 Å². The maximum atomic E-state index is 3.86. The molecule has 0 saturated carbocycles. The molecule has 0 bridgehead atoms. The summed E-state index contributed by atoms with van der Waals surface area (Å²) in [5, 5.41) is 7.29. The van der Waals surface area contributed by atoms with E-state index in [-0.39, 0.29) is 0 Å². The van der Waals surface area contributed by atoms with E-state index in [2.05, 4.69) is 29.4 Å². The van der Waals surface area contributed by atoms with E-state index in [9.17, 15) is 0 Å². The van der Waals surface area contributed by atoms with Gasteiger partial charge in [0.25, 0.3) is 0 Å². The van der Waals surface area contributed by atoms with Crippen molar-refractivity contribution in [2.45, 2.75) is 57.7 Å². The van der Waals surface area contributed by atoms with E-state index in [1.54, 1.807) is 0 Å². The molecule has 2 fully saturated rings. The van der Waals surface area contributed by atoms with Crippen molar-refractivity contribution >= 4 is 0 Å². The summed E-state index contributed by atoms with van der Waals surface area (Å²) >= 11 is 0. The number of likely N-dealkylation sites (tertiary alicyclic amines) is 1. The van der Waals surface area contributed by atoms with Gasteiger partial charge in [-0.2, -0.15) is 0 Å². The minimum atomic E-state index is 0.706. The van der Waals surface area contributed by atoms with E-state index >= 15 is 0 Å². The molecule has 16 heavy (non-hydrogen) atoms. The van der Waals surface area contributed by atoms with Gasteiger partial charge < -0.3 is 10.6 Å². The van der Waals surface area contributed by atoms with E-state index < -0.39 is 0 Å². The molecular formula is C13H27N3. The zero-order valence-electron chi connectivity index (χ0n) is 10.8. The third-order valence-electron chi connectivity index (χ3n) is 3.99. The molecule has 0 radical (unpaired) electrons. The van der Waals surface area contributed by atoms with Crippen LogP contribution in [0.1, 0.15) is 39.5 Å². The molecule has 2 aliphatic rings. The van der Waals surface area contributed by atoms with E-state index in [0.29, 0.717) is 6.04 Å². The molecule has 0 aliphatic carbocycles. The zero-order chi connectivity index (χ0) is 11.4. The van der Waals surface area contributed by atoms with Crippen LogP contribution in [0, 0.1) is 0 Å².